The zero-order valence-electron chi connectivity index (χ0n) is 16.6. The molecule has 0 spiro atoms. The number of nitrogens with one attached hydrogen (secondary N) is 1. The molecular formula is C24H22N2O3. The maximum Gasteiger partial charge on any atom is 0.232 e. The van der Waals surface area contributed by atoms with E-state index in [0.29, 0.717) is 27.9 Å². The van der Waals surface area contributed by atoms with E-state index in [0.717, 1.165) is 16.8 Å². The average molecular weight is 386 g/mol. The molecular weight excluding hydrogens is 364 g/mol. The van der Waals surface area contributed by atoms with Crippen molar-refractivity contribution in [1.82, 2.24) is 4.98 Å². The van der Waals surface area contributed by atoms with Gasteiger partial charge in [0, 0.05) is 25.3 Å². The highest BCUT2D eigenvalue weighted by Gasteiger charge is 2.18. The summed E-state index contributed by atoms with van der Waals surface area (Å²) in [5, 5.41) is 11.2. The molecule has 0 radical (unpaired) electrons. The number of fused-ring (bicyclic) bond motifs is 1. The molecule has 0 fully saturated rings. The summed E-state index contributed by atoms with van der Waals surface area (Å²) >= 11 is 0. The Hall–Kier alpha value is -3.73. The number of rotatable bonds is 4. The van der Waals surface area contributed by atoms with Crippen LogP contribution in [0.4, 0.5) is 5.69 Å². The SMILES string of the molecule is COc1ccccc1-c1[nH]c2cccc(-c3cccc(N(C)C)c3)c2c(=O)c1O. The van der Waals surface area contributed by atoms with E-state index in [9.17, 15) is 9.90 Å². The van der Waals surface area contributed by atoms with Crippen LogP contribution in [0.5, 0.6) is 11.5 Å². The van der Waals surface area contributed by atoms with Crippen molar-refractivity contribution in [2.45, 2.75) is 0 Å². The van der Waals surface area contributed by atoms with Crippen molar-refractivity contribution in [1.29, 1.82) is 0 Å². The van der Waals surface area contributed by atoms with E-state index < -0.39 is 5.43 Å². The predicted molar refractivity (Wildman–Crippen MR) is 118 cm³/mol. The summed E-state index contributed by atoms with van der Waals surface area (Å²) in [6.07, 6.45) is 0. The van der Waals surface area contributed by atoms with E-state index in [1.54, 1.807) is 19.2 Å². The third-order valence-electron chi connectivity index (χ3n) is 5.05. The summed E-state index contributed by atoms with van der Waals surface area (Å²) < 4.78 is 5.40. The number of anilines is 1. The molecule has 29 heavy (non-hydrogen) atoms. The van der Waals surface area contributed by atoms with Gasteiger partial charge in [-0.2, -0.15) is 0 Å². The molecule has 1 heterocycles. The summed E-state index contributed by atoms with van der Waals surface area (Å²) in [5.41, 5.74) is 3.94. The van der Waals surface area contributed by atoms with Gasteiger partial charge < -0.3 is 19.7 Å². The lowest BCUT2D eigenvalue weighted by molar-refractivity contribution is 0.415. The molecule has 0 aliphatic rings. The smallest absolute Gasteiger partial charge is 0.232 e. The monoisotopic (exact) mass is 386 g/mol. The molecule has 0 bridgehead atoms. The van der Waals surface area contributed by atoms with Crippen LogP contribution in [0.2, 0.25) is 0 Å². The minimum absolute atomic E-state index is 0.321. The second kappa shape index (κ2) is 7.36. The van der Waals surface area contributed by atoms with Gasteiger partial charge in [0.2, 0.25) is 5.43 Å². The van der Waals surface area contributed by atoms with E-state index in [4.69, 9.17) is 4.74 Å². The van der Waals surface area contributed by atoms with Crippen molar-refractivity contribution in [3.05, 3.63) is 77.0 Å². The maximum atomic E-state index is 13.2. The Kier molecular flexibility index (Phi) is 4.72. The number of benzene rings is 3. The summed E-state index contributed by atoms with van der Waals surface area (Å²) in [5.74, 6) is 0.255. The predicted octanol–water partition coefficient (Wildman–Crippen LogP) is 4.64. The molecule has 0 amide bonds. The summed E-state index contributed by atoms with van der Waals surface area (Å²) in [6, 6.07) is 20.9. The topological polar surface area (TPSA) is 65.6 Å². The molecule has 3 aromatic carbocycles. The zero-order valence-corrected chi connectivity index (χ0v) is 16.6. The number of aromatic nitrogens is 1. The van der Waals surface area contributed by atoms with E-state index in [1.165, 1.54) is 0 Å². The Morgan fingerprint density at radius 1 is 0.931 bits per heavy atom. The van der Waals surface area contributed by atoms with Crippen LogP contribution in [-0.4, -0.2) is 31.3 Å². The van der Waals surface area contributed by atoms with E-state index >= 15 is 0 Å². The molecule has 2 N–H and O–H groups in total. The first-order valence-electron chi connectivity index (χ1n) is 9.30. The summed E-state index contributed by atoms with van der Waals surface area (Å²) in [6.45, 7) is 0. The second-order valence-corrected chi connectivity index (χ2v) is 7.05. The molecule has 0 saturated heterocycles. The number of pyridine rings is 1. The Labute approximate surface area is 168 Å². The number of H-pyrrole nitrogens is 1. The minimum Gasteiger partial charge on any atom is -0.503 e. The van der Waals surface area contributed by atoms with Gasteiger partial charge in [-0.3, -0.25) is 4.79 Å². The molecule has 4 rings (SSSR count). The highest BCUT2D eigenvalue weighted by Crippen LogP contribution is 2.36. The van der Waals surface area contributed by atoms with Crippen LogP contribution in [0, 0.1) is 0 Å². The van der Waals surface area contributed by atoms with Gasteiger partial charge >= 0.3 is 0 Å². The lowest BCUT2D eigenvalue weighted by atomic mass is 9.98. The van der Waals surface area contributed by atoms with Crippen molar-refractivity contribution in [2.75, 3.05) is 26.1 Å². The average Bonchev–Trinajstić information content (AvgIpc) is 2.75. The first-order chi connectivity index (χ1) is 14.0. The first-order valence-corrected chi connectivity index (χ1v) is 9.30. The minimum atomic E-state index is -0.412. The van der Waals surface area contributed by atoms with Crippen molar-refractivity contribution >= 4 is 16.6 Å². The van der Waals surface area contributed by atoms with Crippen LogP contribution in [0.1, 0.15) is 0 Å². The number of hydrogen-bond acceptors (Lipinski definition) is 4. The van der Waals surface area contributed by atoms with Crippen LogP contribution in [0.15, 0.2) is 71.5 Å². The van der Waals surface area contributed by atoms with Crippen LogP contribution in [-0.2, 0) is 0 Å². The molecule has 0 atom stereocenters. The normalized spacial score (nSPS) is 10.9. The molecule has 0 aliphatic heterocycles. The molecule has 5 heteroatoms. The number of para-hydroxylation sites is 1. The van der Waals surface area contributed by atoms with Gasteiger partial charge in [-0.25, -0.2) is 0 Å². The number of hydrogen-bond donors (Lipinski definition) is 2. The quantitative estimate of drug-likeness (QED) is 0.536. The highest BCUT2D eigenvalue weighted by molar-refractivity contribution is 5.97. The first kappa shape index (κ1) is 18.6. The Morgan fingerprint density at radius 3 is 2.41 bits per heavy atom. The van der Waals surface area contributed by atoms with Gasteiger partial charge in [0.25, 0.3) is 0 Å². The van der Waals surface area contributed by atoms with Crippen LogP contribution in [0.3, 0.4) is 0 Å². The number of nitrogens with zero attached hydrogens (tertiary/aromatic N) is 1. The third-order valence-corrected chi connectivity index (χ3v) is 5.05. The number of aromatic amines is 1. The molecule has 1 aromatic heterocycles. The standard InChI is InChI=1S/C24H22N2O3/c1-26(2)16-9-6-8-15(14-16)17-11-7-12-19-21(17)23(27)24(28)22(25-19)18-10-4-5-13-20(18)29-3/h4-14,28H,1-3H3,(H,25,27). The van der Waals surface area contributed by atoms with Gasteiger partial charge in [0.15, 0.2) is 5.75 Å². The van der Waals surface area contributed by atoms with Crippen molar-refractivity contribution < 1.29 is 9.84 Å². The van der Waals surface area contributed by atoms with Crippen LogP contribution >= 0.6 is 0 Å². The fraction of sp³-hybridized carbons (Fsp3) is 0.125. The second-order valence-electron chi connectivity index (χ2n) is 7.05. The number of methoxy groups -OCH3 is 1. The van der Waals surface area contributed by atoms with Crippen molar-refractivity contribution in [2.24, 2.45) is 0 Å². The van der Waals surface area contributed by atoms with Crippen LogP contribution in [0.25, 0.3) is 33.3 Å². The Balaban J connectivity index is 1.99. The van der Waals surface area contributed by atoms with Gasteiger partial charge in [0.1, 0.15) is 5.75 Å². The van der Waals surface area contributed by atoms with Crippen molar-refractivity contribution in [3.8, 4) is 33.9 Å². The van der Waals surface area contributed by atoms with E-state index in [-0.39, 0.29) is 5.75 Å². The van der Waals surface area contributed by atoms with Gasteiger partial charge in [0.05, 0.1) is 23.7 Å². The summed E-state index contributed by atoms with van der Waals surface area (Å²) in [4.78, 5) is 18.5. The third kappa shape index (κ3) is 3.21. The van der Waals surface area contributed by atoms with Gasteiger partial charge in [-0.05, 0) is 41.5 Å². The van der Waals surface area contributed by atoms with Crippen molar-refractivity contribution in [3.63, 3.8) is 0 Å². The molecule has 0 saturated carbocycles. The van der Waals surface area contributed by atoms with E-state index in [1.807, 2.05) is 73.6 Å². The number of aromatic hydroxyl groups is 1. The van der Waals surface area contributed by atoms with Gasteiger partial charge in [-0.15, -0.1) is 0 Å². The van der Waals surface area contributed by atoms with Crippen LogP contribution < -0.4 is 15.1 Å². The molecule has 0 aliphatic carbocycles. The Morgan fingerprint density at radius 2 is 1.66 bits per heavy atom. The molecule has 0 unspecified atom stereocenters. The van der Waals surface area contributed by atoms with E-state index in [2.05, 4.69) is 4.98 Å². The Bertz CT molecular complexity index is 1260. The maximum absolute atomic E-state index is 13.2. The zero-order chi connectivity index (χ0) is 20.5. The molecule has 4 aromatic rings. The fourth-order valence-electron chi connectivity index (χ4n) is 3.57. The lowest BCUT2D eigenvalue weighted by Gasteiger charge is -2.15. The molecule has 146 valence electrons. The summed E-state index contributed by atoms with van der Waals surface area (Å²) in [7, 11) is 5.51. The lowest BCUT2D eigenvalue weighted by Crippen LogP contribution is -2.09. The highest BCUT2D eigenvalue weighted by atomic mass is 16.5. The largest absolute Gasteiger partial charge is 0.503 e. The molecule has 5 nitrogen and oxygen atoms in total. The fourth-order valence-corrected chi connectivity index (χ4v) is 3.57. The van der Waals surface area contributed by atoms with Gasteiger partial charge in [-0.1, -0.05) is 36.4 Å². The number of ether oxygens (including phenoxy) is 1.